The van der Waals surface area contributed by atoms with Gasteiger partial charge >= 0.3 is 6.03 Å². The number of piperazine rings is 1. The van der Waals surface area contributed by atoms with E-state index in [0.717, 1.165) is 12.0 Å². The molecule has 196 valence electrons. The van der Waals surface area contributed by atoms with Crippen LogP contribution in [0.3, 0.4) is 0 Å². The summed E-state index contributed by atoms with van der Waals surface area (Å²) in [5, 5.41) is 17.2. The van der Waals surface area contributed by atoms with Crippen LogP contribution in [-0.2, 0) is 9.59 Å². The van der Waals surface area contributed by atoms with Gasteiger partial charge < -0.3 is 25.1 Å². The number of carbonyl (C=O) groups excluding carboxylic acids is 4. The van der Waals surface area contributed by atoms with Crippen molar-refractivity contribution >= 4 is 29.2 Å². The highest BCUT2D eigenvalue weighted by Gasteiger charge is 2.50. The van der Waals surface area contributed by atoms with Crippen LogP contribution in [0.4, 0.5) is 10.5 Å². The van der Waals surface area contributed by atoms with Crippen molar-refractivity contribution in [1.82, 2.24) is 20.0 Å². The van der Waals surface area contributed by atoms with Gasteiger partial charge in [0.2, 0.25) is 11.6 Å². The molecule has 10 nitrogen and oxygen atoms in total. The topological polar surface area (TPSA) is 122 Å². The van der Waals surface area contributed by atoms with Gasteiger partial charge in [-0.2, -0.15) is 0 Å². The van der Waals surface area contributed by atoms with Crippen LogP contribution in [-0.4, -0.2) is 95.7 Å². The highest BCUT2D eigenvalue weighted by Crippen LogP contribution is 2.32. The standard InChI is InChI=1S/C27H33N5O5/c1-4-19(17-9-6-5-7-10-17)28-21-22(25(35)24(21)34)29-20-12-8-11-18(23(20)33)26(36)31-13-15-32(16-14-31)27(37)30(2)3/h5-12,19,21-22,28-29,33H,4,13-16H2,1-3H3/t19-,21+,22?/m1/s1. The Morgan fingerprint density at radius 2 is 1.57 bits per heavy atom. The lowest BCUT2D eigenvalue weighted by atomic mass is 9.81. The van der Waals surface area contributed by atoms with E-state index < -0.39 is 23.7 Å². The molecule has 1 saturated carbocycles. The predicted molar refractivity (Wildman–Crippen MR) is 138 cm³/mol. The minimum Gasteiger partial charge on any atom is -0.505 e. The van der Waals surface area contributed by atoms with Gasteiger partial charge in [-0.3, -0.25) is 19.7 Å². The summed E-state index contributed by atoms with van der Waals surface area (Å²) in [6.45, 7) is 3.47. The number of nitrogens with one attached hydrogen (secondary N) is 2. The van der Waals surface area contributed by atoms with Gasteiger partial charge in [0.05, 0.1) is 11.3 Å². The first kappa shape index (κ1) is 26.2. The summed E-state index contributed by atoms with van der Waals surface area (Å²) >= 11 is 0. The van der Waals surface area contributed by atoms with Crippen molar-refractivity contribution in [2.24, 2.45) is 0 Å². The molecule has 1 aliphatic carbocycles. The van der Waals surface area contributed by atoms with E-state index in [1.807, 2.05) is 37.3 Å². The van der Waals surface area contributed by atoms with Crippen LogP contribution in [0.25, 0.3) is 0 Å². The van der Waals surface area contributed by atoms with Crippen molar-refractivity contribution in [3.8, 4) is 5.75 Å². The number of para-hydroxylation sites is 1. The first-order valence-corrected chi connectivity index (χ1v) is 12.5. The maximum atomic E-state index is 13.2. The number of urea groups is 1. The first-order chi connectivity index (χ1) is 17.7. The van der Waals surface area contributed by atoms with Crippen molar-refractivity contribution in [2.75, 3.05) is 45.6 Å². The average Bonchev–Trinajstić information content (AvgIpc) is 2.93. The molecule has 0 spiro atoms. The molecule has 3 atom stereocenters. The monoisotopic (exact) mass is 507 g/mol. The Bertz CT molecular complexity index is 1180. The number of benzene rings is 2. The molecule has 3 amide bonds. The van der Waals surface area contributed by atoms with Crippen molar-refractivity contribution in [3.05, 3.63) is 59.7 Å². The van der Waals surface area contributed by atoms with E-state index in [0.29, 0.717) is 26.2 Å². The van der Waals surface area contributed by atoms with Gasteiger partial charge in [0.15, 0.2) is 5.75 Å². The van der Waals surface area contributed by atoms with E-state index in [2.05, 4.69) is 10.6 Å². The quantitative estimate of drug-likeness (QED) is 0.386. The summed E-state index contributed by atoms with van der Waals surface area (Å²) in [5.41, 5.74) is 1.31. The van der Waals surface area contributed by atoms with E-state index in [1.54, 1.807) is 36.0 Å². The van der Waals surface area contributed by atoms with Crippen molar-refractivity contribution in [3.63, 3.8) is 0 Å². The molecule has 2 aromatic carbocycles. The van der Waals surface area contributed by atoms with Crippen LogP contribution in [0, 0.1) is 0 Å². The van der Waals surface area contributed by atoms with Crippen LogP contribution >= 0.6 is 0 Å². The number of amides is 3. The fourth-order valence-electron chi connectivity index (χ4n) is 4.74. The van der Waals surface area contributed by atoms with Crippen LogP contribution in [0.5, 0.6) is 5.75 Å². The lowest BCUT2D eigenvalue weighted by Gasteiger charge is -2.38. The van der Waals surface area contributed by atoms with Crippen molar-refractivity contribution in [1.29, 1.82) is 0 Å². The zero-order valence-electron chi connectivity index (χ0n) is 21.3. The fourth-order valence-corrected chi connectivity index (χ4v) is 4.74. The highest BCUT2D eigenvalue weighted by molar-refractivity contribution is 6.49. The number of nitrogens with zero attached hydrogens (tertiary/aromatic N) is 3. The largest absolute Gasteiger partial charge is 0.505 e. The number of hydrogen-bond donors (Lipinski definition) is 3. The molecule has 0 bridgehead atoms. The van der Waals surface area contributed by atoms with E-state index >= 15 is 0 Å². The number of rotatable bonds is 7. The van der Waals surface area contributed by atoms with Gasteiger partial charge in [-0.1, -0.05) is 43.3 Å². The molecule has 4 rings (SSSR count). The zero-order chi connectivity index (χ0) is 26.7. The van der Waals surface area contributed by atoms with Gasteiger partial charge in [0.1, 0.15) is 12.1 Å². The Balaban J connectivity index is 1.45. The second kappa shape index (κ2) is 11.0. The fraction of sp³-hybridized carbons (Fsp3) is 0.407. The molecule has 1 heterocycles. The number of carbonyl (C=O) groups is 4. The normalized spacial score (nSPS) is 20.3. The van der Waals surface area contributed by atoms with E-state index in [1.165, 1.54) is 11.0 Å². The van der Waals surface area contributed by atoms with Gasteiger partial charge in [-0.25, -0.2) is 4.79 Å². The molecule has 1 aliphatic heterocycles. The predicted octanol–water partition coefficient (Wildman–Crippen LogP) is 1.87. The summed E-state index contributed by atoms with van der Waals surface area (Å²) in [7, 11) is 3.36. The molecule has 37 heavy (non-hydrogen) atoms. The summed E-state index contributed by atoms with van der Waals surface area (Å²) in [4.78, 5) is 55.0. The molecule has 10 heteroatoms. The summed E-state index contributed by atoms with van der Waals surface area (Å²) in [6, 6.07) is 12.6. The van der Waals surface area contributed by atoms with Crippen LogP contribution in [0.1, 0.15) is 35.3 Å². The molecule has 3 N–H and O–H groups in total. The van der Waals surface area contributed by atoms with Crippen LogP contribution in [0.15, 0.2) is 48.5 Å². The van der Waals surface area contributed by atoms with E-state index in [4.69, 9.17) is 0 Å². The maximum absolute atomic E-state index is 13.2. The molecular weight excluding hydrogens is 474 g/mol. The van der Waals surface area contributed by atoms with Crippen LogP contribution < -0.4 is 10.6 Å². The van der Waals surface area contributed by atoms with Gasteiger partial charge in [-0.15, -0.1) is 0 Å². The number of anilines is 1. The average molecular weight is 508 g/mol. The molecule has 0 radical (unpaired) electrons. The molecule has 0 aromatic heterocycles. The number of hydrogen-bond acceptors (Lipinski definition) is 7. The number of Topliss-reactive ketones (excluding diaryl/α,β-unsaturated/α-hetero) is 2. The Morgan fingerprint density at radius 1 is 0.946 bits per heavy atom. The number of phenols is 1. The summed E-state index contributed by atoms with van der Waals surface area (Å²) in [5.74, 6) is -1.72. The SMILES string of the molecule is CC[C@@H](N[C@@H]1C(=O)C(=O)C1Nc1cccc(C(=O)N2CCN(C(=O)N(C)C)CC2)c1O)c1ccccc1. The van der Waals surface area contributed by atoms with Gasteiger partial charge in [0, 0.05) is 46.3 Å². The highest BCUT2D eigenvalue weighted by atomic mass is 16.3. The van der Waals surface area contributed by atoms with Crippen molar-refractivity contribution < 1.29 is 24.3 Å². The number of ketones is 2. The number of aromatic hydroxyl groups is 1. The zero-order valence-corrected chi connectivity index (χ0v) is 21.3. The molecule has 2 fully saturated rings. The molecule has 1 unspecified atom stereocenters. The Labute approximate surface area is 216 Å². The third kappa shape index (κ3) is 5.29. The summed E-state index contributed by atoms with van der Waals surface area (Å²) < 4.78 is 0. The minimum atomic E-state index is -0.859. The van der Waals surface area contributed by atoms with Crippen LogP contribution in [0.2, 0.25) is 0 Å². The van der Waals surface area contributed by atoms with E-state index in [9.17, 15) is 24.3 Å². The molecular formula is C27H33N5O5. The molecule has 2 aliphatic rings. The third-order valence-electron chi connectivity index (χ3n) is 6.93. The second-order valence-electron chi connectivity index (χ2n) is 9.52. The maximum Gasteiger partial charge on any atom is 0.319 e. The second-order valence-corrected chi connectivity index (χ2v) is 9.52. The molecule has 1 saturated heterocycles. The van der Waals surface area contributed by atoms with Gasteiger partial charge in [-0.05, 0) is 24.1 Å². The Morgan fingerprint density at radius 3 is 2.19 bits per heavy atom. The molecule has 2 aromatic rings. The number of phenolic OH excluding ortho intramolecular Hbond substituents is 1. The van der Waals surface area contributed by atoms with E-state index in [-0.39, 0.29) is 35.0 Å². The minimum absolute atomic E-state index is 0.0933. The third-order valence-corrected chi connectivity index (χ3v) is 6.93. The van der Waals surface area contributed by atoms with Crippen molar-refractivity contribution in [2.45, 2.75) is 31.5 Å². The van der Waals surface area contributed by atoms with Gasteiger partial charge in [0.25, 0.3) is 5.91 Å². The first-order valence-electron chi connectivity index (χ1n) is 12.5. The lowest BCUT2D eigenvalue weighted by Crippen LogP contribution is -2.67. The lowest BCUT2D eigenvalue weighted by molar-refractivity contribution is -0.145. The smallest absolute Gasteiger partial charge is 0.319 e. The Hall–Kier alpha value is -3.92. The summed E-state index contributed by atoms with van der Waals surface area (Å²) in [6.07, 6.45) is 0.720. The Kier molecular flexibility index (Phi) is 7.77.